The normalized spacial score (nSPS) is 10.2. The molecule has 0 aliphatic heterocycles. The van der Waals surface area contributed by atoms with Gasteiger partial charge in [-0.1, -0.05) is 6.07 Å². The second kappa shape index (κ2) is 7.45. The number of nitrogens with two attached hydrogens (primary N) is 1. The maximum atomic E-state index is 12.1. The molecular formula is C17H20N4O3. The Morgan fingerprint density at radius 2 is 1.96 bits per heavy atom. The van der Waals surface area contributed by atoms with Crippen LogP contribution in [0.15, 0.2) is 41.2 Å². The number of hydrogen-bond acceptors (Lipinski definition) is 4. The van der Waals surface area contributed by atoms with Gasteiger partial charge in [-0.3, -0.25) is 14.4 Å². The number of carbonyl (C=O) groups is 2. The van der Waals surface area contributed by atoms with Gasteiger partial charge in [0.25, 0.3) is 5.91 Å². The Labute approximate surface area is 139 Å². The minimum absolute atomic E-state index is 0.174. The van der Waals surface area contributed by atoms with Gasteiger partial charge < -0.3 is 20.9 Å². The van der Waals surface area contributed by atoms with Gasteiger partial charge in [-0.05, 0) is 30.7 Å². The predicted octanol–water partition coefficient (Wildman–Crippen LogP) is 1.11. The zero-order chi connectivity index (χ0) is 17.7. The Balaban J connectivity index is 2.08. The first-order valence-electron chi connectivity index (χ1n) is 7.46. The molecule has 126 valence electrons. The van der Waals surface area contributed by atoms with Gasteiger partial charge in [-0.25, -0.2) is 0 Å². The number of aromatic nitrogens is 1. The Kier molecular flexibility index (Phi) is 5.36. The molecule has 0 atom stereocenters. The third kappa shape index (κ3) is 4.45. The fourth-order valence-corrected chi connectivity index (χ4v) is 2.22. The number of amides is 2. The van der Waals surface area contributed by atoms with Crippen molar-refractivity contribution in [2.24, 2.45) is 5.73 Å². The van der Waals surface area contributed by atoms with Crippen LogP contribution in [0.3, 0.4) is 0 Å². The maximum absolute atomic E-state index is 12.1. The zero-order valence-corrected chi connectivity index (χ0v) is 13.6. The van der Waals surface area contributed by atoms with Crippen LogP contribution < -0.4 is 21.5 Å². The molecule has 0 unspecified atom stereocenters. The largest absolute Gasteiger partial charge is 0.378 e. The molecule has 1 aromatic carbocycles. The van der Waals surface area contributed by atoms with Crippen molar-refractivity contribution < 1.29 is 9.59 Å². The topological polar surface area (TPSA) is 108 Å². The van der Waals surface area contributed by atoms with E-state index < -0.39 is 5.91 Å². The summed E-state index contributed by atoms with van der Waals surface area (Å²) in [4.78, 5) is 39.4. The molecule has 7 heteroatoms. The van der Waals surface area contributed by atoms with E-state index in [1.807, 2.05) is 19.0 Å². The summed E-state index contributed by atoms with van der Waals surface area (Å²) in [7, 11) is 3.69. The number of hydrogen-bond donors (Lipinski definition) is 3. The summed E-state index contributed by atoms with van der Waals surface area (Å²) in [5, 5.41) is 2.69. The number of rotatable bonds is 6. The highest BCUT2D eigenvalue weighted by Crippen LogP contribution is 2.22. The monoisotopic (exact) mass is 328 g/mol. The molecule has 0 spiro atoms. The fourth-order valence-electron chi connectivity index (χ4n) is 2.22. The molecule has 0 bridgehead atoms. The lowest BCUT2D eigenvalue weighted by molar-refractivity contribution is -0.116. The highest BCUT2D eigenvalue weighted by Gasteiger charge is 2.13. The predicted molar refractivity (Wildman–Crippen MR) is 93.3 cm³/mol. The number of aromatic amines is 1. The van der Waals surface area contributed by atoms with Gasteiger partial charge in [0.05, 0.1) is 11.3 Å². The minimum Gasteiger partial charge on any atom is -0.378 e. The molecule has 0 aliphatic carbocycles. The van der Waals surface area contributed by atoms with E-state index in [9.17, 15) is 14.4 Å². The summed E-state index contributed by atoms with van der Waals surface area (Å²) in [6, 6.07) is 9.86. The van der Waals surface area contributed by atoms with Gasteiger partial charge in [-0.2, -0.15) is 0 Å². The van der Waals surface area contributed by atoms with E-state index >= 15 is 0 Å². The van der Waals surface area contributed by atoms with Crippen molar-refractivity contribution in [2.75, 3.05) is 24.3 Å². The number of carbonyl (C=O) groups excluding carboxylic acids is 2. The van der Waals surface area contributed by atoms with Crippen molar-refractivity contribution in [2.45, 2.75) is 12.8 Å². The summed E-state index contributed by atoms with van der Waals surface area (Å²) in [6.45, 7) is 0. The van der Waals surface area contributed by atoms with Crippen LogP contribution in [-0.2, 0) is 11.2 Å². The van der Waals surface area contributed by atoms with Gasteiger partial charge in [-0.15, -0.1) is 0 Å². The smallest absolute Gasteiger partial charge is 0.250 e. The first-order valence-corrected chi connectivity index (χ1v) is 7.46. The maximum Gasteiger partial charge on any atom is 0.250 e. The third-order valence-electron chi connectivity index (χ3n) is 3.51. The van der Waals surface area contributed by atoms with E-state index in [1.165, 1.54) is 6.07 Å². The first-order chi connectivity index (χ1) is 11.4. The summed E-state index contributed by atoms with van der Waals surface area (Å²) < 4.78 is 0. The molecular weight excluding hydrogens is 308 g/mol. The van der Waals surface area contributed by atoms with Crippen LogP contribution in [0.4, 0.5) is 11.4 Å². The molecule has 2 aromatic rings. The van der Waals surface area contributed by atoms with Crippen LogP contribution in [-0.4, -0.2) is 30.9 Å². The molecule has 1 aromatic heterocycles. The Morgan fingerprint density at radius 1 is 1.21 bits per heavy atom. The molecule has 2 amide bonds. The average Bonchev–Trinajstić information content (AvgIpc) is 2.53. The van der Waals surface area contributed by atoms with Crippen LogP contribution in [0.5, 0.6) is 0 Å². The van der Waals surface area contributed by atoms with E-state index in [1.54, 1.807) is 30.3 Å². The number of aryl methyl sites for hydroxylation is 1. The SMILES string of the molecule is CN(C)c1ccc(NC(=O)CCc2cccc(=O)[nH]2)c(C(N)=O)c1. The van der Waals surface area contributed by atoms with E-state index in [0.29, 0.717) is 17.8 Å². The van der Waals surface area contributed by atoms with Crippen molar-refractivity contribution in [1.29, 1.82) is 0 Å². The van der Waals surface area contributed by atoms with Gasteiger partial charge in [0.15, 0.2) is 0 Å². The van der Waals surface area contributed by atoms with Gasteiger partial charge in [0.2, 0.25) is 11.5 Å². The van der Waals surface area contributed by atoms with Crippen molar-refractivity contribution in [3.63, 3.8) is 0 Å². The van der Waals surface area contributed by atoms with Gasteiger partial charge in [0, 0.05) is 38.0 Å². The number of pyridine rings is 1. The van der Waals surface area contributed by atoms with Gasteiger partial charge in [0.1, 0.15) is 0 Å². The molecule has 24 heavy (non-hydrogen) atoms. The second-order valence-electron chi connectivity index (χ2n) is 5.58. The molecule has 0 aliphatic rings. The average molecular weight is 328 g/mol. The molecule has 0 radical (unpaired) electrons. The Hall–Kier alpha value is -3.09. The minimum atomic E-state index is -0.610. The molecule has 7 nitrogen and oxygen atoms in total. The van der Waals surface area contributed by atoms with E-state index in [2.05, 4.69) is 10.3 Å². The fraction of sp³-hybridized carbons (Fsp3) is 0.235. The van der Waals surface area contributed by atoms with Crippen molar-refractivity contribution in [3.8, 4) is 0 Å². The summed E-state index contributed by atoms with van der Waals surface area (Å²) in [5.74, 6) is -0.874. The number of H-pyrrole nitrogens is 1. The summed E-state index contributed by atoms with van der Waals surface area (Å²) in [5.41, 5.74) is 7.30. The molecule has 1 heterocycles. The van der Waals surface area contributed by atoms with E-state index in [4.69, 9.17) is 5.73 Å². The number of anilines is 2. The van der Waals surface area contributed by atoms with Crippen LogP contribution in [0.25, 0.3) is 0 Å². The number of nitrogens with zero attached hydrogens (tertiary/aromatic N) is 1. The second-order valence-corrected chi connectivity index (χ2v) is 5.58. The quantitative estimate of drug-likeness (QED) is 0.738. The van der Waals surface area contributed by atoms with Crippen LogP contribution in [0.2, 0.25) is 0 Å². The van der Waals surface area contributed by atoms with E-state index in [-0.39, 0.29) is 23.5 Å². The summed E-state index contributed by atoms with van der Waals surface area (Å²) in [6.07, 6.45) is 0.567. The highest BCUT2D eigenvalue weighted by molar-refractivity contribution is 6.03. The Morgan fingerprint density at radius 3 is 2.58 bits per heavy atom. The van der Waals surface area contributed by atoms with Gasteiger partial charge >= 0.3 is 0 Å². The standard InChI is InChI=1S/C17H20N4O3/c1-21(2)12-7-8-14(13(10-12)17(18)24)20-16(23)9-6-11-4-3-5-15(22)19-11/h3-5,7-8,10H,6,9H2,1-2H3,(H2,18,24)(H,19,22)(H,20,23). The number of nitrogens with one attached hydrogen (secondary N) is 2. The zero-order valence-electron chi connectivity index (χ0n) is 13.6. The summed E-state index contributed by atoms with van der Waals surface area (Å²) >= 11 is 0. The molecule has 0 saturated heterocycles. The van der Waals surface area contributed by atoms with Crippen LogP contribution in [0, 0.1) is 0 Å². The molecule has 0 fully saturated rings. The van der Waals surface area contributed by atoms with Crippen molar-refractivity contribution in [1.82, 2.24) is 4.98 Å². The highest BCUT2D eigenvalue weighted by atomic mass is 16.2. The van der Waals surface area contributed by atoms with E-state index in [0.717, 1.165) is 5.69 Å². The van der Waals surface area contributed by atoms with Crippen molar-refractivity contribution >= 4 is 23.2 Å². The first kappa shape index (κ1) is 17.3. The third-order valence-corrected chi connectivity index (χ3v) is 3.51. The van der Waals surface area contributed by atoms with Crippen molar-refractivity contribution in [3.05, 3.63) is 58.0 Å². The molecule has 4 N–H and O–H groups in total. The molecule has 0 saturated carbocycles. The van der Waals surface area contributed by atoms with Crippen LogP contribution >= 0.6 is 0 Å². The van der Waals surface area contributed by atoms with Crippen LogP contribution in [0.1, 0.15) is 22.5 Å². The lowest BCUT2D eigenvalue weighted by Crippen LogP contribution is -2.20. The Bertz CT molecular complexity index is 811. The lowest BCUT2D eigenvalue weighted by atomic mass is 10.1. The molecule has 2 rings (SSSR count). The number of primary amides is 1. The lowest BCUT2D eigenvalue weighted by Gasteiger charge is -2.16. The number of benzene rings is 1.